The van der Waals surface area contributed by atoms with Gasteiger partial charge in [-0.2, -0.15) is 11.8 Å². The molecule has 1 aliphatic rings. The molecule has 2 aromatic rings. The van der Waals surface area contributed by atoms with Crippen molar-refractivity contribution in [2.75, 3.05) is 25.1 Å². The average molecular weight is 545 g/mol. The van der Waals surface area contributed by atoms with Gasteiger partial charge in [-0.3, -0.25) is 9.69 Å². The SMILES string of the molecule is CCCCN(CCC1CCCCC1)Cc1ccc(C(=O)NC(CCSC)C(=O)[O-])c(-c2ccccc2C)c1.[Li+]. The third-order valence-electron chi connectivity index (χ3n) is 7.78. The molecule has 0 saturated heterocycles. The maximum Gasteiger partial charge on any atom is 1.00 e. The zero-order chi connectivity index (χ0) is 27.3. The first-order valence-electron chi connectivity index (χ1n) is 14.3. The van der Waals surface area contributed by atoms with Crippen LogP contribution in [-0.4, -0.2) is 47.9 Å². The Bertz CT molecular complexity index is 1040. The summed E-state index contributed by atoms with van der Waals surface area (Å²) in [4.78, 5) is 27.6. The fraction of sp³-hybridized carbons (Fsp3) is 0.562. The second-order valence-electron chi connectivity index (χ2n) is 10.7. The first kappa shape index (κ1) is 33.5. The molecule has 208 valence electrons. The predicted molar refractivity (Wildman–Crippen MR) is 157 cm³/mol. The van der Waals surface area contributed by atoms with Crippen LogP contribution in [0.3, 0.4) is 0 Å². The van der Waals surface area contributed by atoms with Gasteiger partial charge in [0.15, 0.2) is 0 Å². The van der Waals surface area contributed by atoms with Crippen LogP contribution in [0.2, 0.25) is 0 Å². The molecule has 3 rings (SSSR count). The number of thioether (sulfide) groups is 1. The van der Waals surface area contributed by atoms with Crippen molar-refractivity contribution >= 4 is 23.6 Å². The summed E-state index contributed by atoms with van der Waals surface area (Å²) < 4.78 is 0. The van der Waals surface area contributed by atoms with Crippen molar-refractivity contribution in [3.05, 3.63) is 59.2 Å². The fourth-order valence-electron chi connectivity index (χ4n) is 5.46. The van der Waals surface area contributed by atoms with E-state index in [2.05, 4.69) is 23.2 Å². The van der Waals surface area contributed by atoms with Gasteiger partial charge in [0.1, 0.15) is 0 Å². The largest absolute Gasteiger partial charge is 1.00 e. The number of nitrogens with one attached hydrogen (secondary N) is 1. The summed E-state index contributed by atoms with van der Waals surface area (Å²) in [6.45, 7) is 7.32. The number of benzene rings is 2. The number of hydrogen-bond donors (Lipinski definition) is 1. The van der Waals surface area contributed by atoms with Crippen molar-refractivity contribution in [3.8, 4) is 11.1 Å². The van der Waals surface area contributed by atoms with Gasteiger partial charge in [0.25, 0.3) is 5.91 Å². The van der Waals surface area contributed by atoms with Crippen molar-refractivity contribution in [2.45, 2.75) is 84.2 Å². The number of carboxylic acid groups (broad SMARTS) is 1. The Morgan fingerprint density at radius 1 is 1.08 bits per heavy atom. The van der Waals surface area contributed by atoms with Crippen molar-refractivity contribution in [1.29, 1.82) is 0 Å². The predicted octanol–water partition coefficient (Wildman–Crippen LogP) is 2.84. The van der Waals surface area contributed by atoms with E-state index in [9.17, 15) is 14.7 Å². The third-order valence-corrected chi connectivity index (χ3v) is 8.42. The van der Waals surface area contributed by atoms with Crippen molar-refractivity contribution in [1.82, 2.24) is 10.2 Å². The number of aliphatic carboxylic acids is 1. The van der Waals surface area contributed by atoms with Crippen LogP contribution in [0.4, 0.5) is 0 Å². The van der Waals surface area contributed by atoms with E-state index in [0.29, 0.717) is 17.7 Å². The minimum absolute atomic E-state index is 0. The van der Waals surface area contributed by atoms with E-state index in [0.717, 1.165) is 42.2 Å². The van der Waals surface area contributed by atoms with Crippen molar-refractivity contribution < 1.29 is 33.6 Å². The minimum Gasteiger partial charge on any atom is -0.548 e. The summed E-state index contributed by atoms with van der Waals surface area (Å²) in [6.07, 6.45) is 12.7. The van der Waals surface area contributed by atoms with Crippen LogP contribution in [0.25, 0.3) is 11.1 Å². The molecule has 1 unspecified atom stereocenters. The first-order chi connectivity index (χ1) is 18.4. The van der Waals surface area contributed by atoms with Gasteiger partial charge in [-0.1, -0.05) is 75.8 Å². The number of hydrogen-bond acceptors (Lipinski definition) is 5. The molecular weight excluding hydrogens is 499 g/mol. The van der Waals surface area contributed by atoms with Crippen LogP contribution >= 0.6 is 11.8 Å². The smallest absolute Gasteiger partial charge is 0.548 e. The van der Waals surface area contributed by atoms with E-state index in [-0.39, 0.29) is 24.8 Å². The first-order valence-corrected chi connectivity index (χ1v) is 15.7. The summed E-state index contributed by atoms with van der Waals surface area (Å²) in [7, 11) is 0. The number of aryl methyl sites for hydroxylation is 1. The molecule has 1 fully saturated rings. The molecule has 2 aromatic carbocycles. The van der Waals surface area contributed by atoms with Crippen molar-refractivity contribution in [2.24, 2.45) is 5.92 Å². The molecule has 5 nitrogen and oxygen atoms in total. The van der Waals surface area contributed by atoms with Gasteiger partial charge in [-0.05, 0) is 91.6 Å². The molecule has 0 bridgehead atoms. The second kappa shape index (κ2) is 17.9. The van der Waals surface area contributed by atoms with Crippen LogP contribution in [0.5, 0.6) is 0 Å². The third kappa shape index (κ3) is 10.7. The molecule has 0 heterocycles. The molecule has 39 heavy (non-hydrogen) atoms. The molecule has 1 saturated carbocycles. The van der Waals surface area contributed by atoms with E-state index >= 15 is 0 Å². The number of carbonyl (C=O) groups is 2. The molecule has 1 amide bonds. The molecule has 1 aliphatic carbocycles. The van der Waals surface area contributed by atoms with Gasteiger partial charge in [0, 0.05) is 12.1 Å². The van der Waals surface area contributed by atoms with Crippen LogP contribution in [0, 0.1) is 12.8 Å². The molecule has 0 aliphatic heterocycles. The molecule has 0 spiro atoms. The topological polar surface area (TPSA) is 72.5 Å². The number of carboxylic acids is 1. The quantitative estimate of drug-likeness (QED) is 0.349. The summed E-state index contributed by atoms with van der Waals surface area (Å²) >= 11 is 1.55. The molecule has 1 N–H and O–H groups in total. The minimum atomic E-state index is -1.24. The van der Waals surface area contributed by atoms with Gasteiger partial charge < -0.3 is 15.2 Å². The van der Waals surface area contributed by atoms with Crippen LogP contribution in [0.1, 0.15) is 86.2 Å². The average Bonchev–Trinajstić information content (AvgIpc) is 2.93. The number of unbranched alkanes of at least 4 members (excludes halogenated alkanes) is 1. The van der Waals surface area contributed by atoms with Crippen LogP contribution in [-0.2, 0) is 11.3 Å². The second-order valence-corrected chi connectivity index (χ2v) is 11.7. The zero-order valence-electron chi connectivity index (χ0n) is 24.5. The van der Waals surface area contributed by atoms with E-state index in [4.69, 9.17) is 0 Å². The Morgan fingerprint density at radius 3 is 2.49 bits per heavy atom. The van der Waals surface area contributed by atoms with E-state index in [1.807, 2.05) is 49.6 Å². The van der Waals surface area contributed by atoms with Crippen molar-refractivity contribution in [3.63, 3.8) is 0 Å². The van der Waals surface area contributed by atoms with Crippen LogP contribution < -0.4 is 29.3 Å². The Morgan fingerprint density at radius 2 is 1.82 bits per heavy atom. The molecule has 7 heteroatoms. The van der Waals surface area contributed by atoms with E-state index in [1.54, 1.807) is 11.8 Å². The number of amides is 1. The maximum atomic E-state index is 13.4. The zero-order valence-corrected chi connectivity index (χ0v) is 25.3. The Kier molecular flexibility index (Phi) is 15.3. The summed E-state index contributed by atoms with van der Waals surface area (Å²) in [5, 5.41) is 14.4. The van der Waals surface area contributed by atoms with Crippen LogP contribution in [0.15, 0.2) is 42.5 Å². The van der Waals surface area contributed by atoms with Gasteiger partial charge >= 0.3 is 18.9 Å². The Labute approximate surface area is 252 Å². The number of rotatable bonds is 15. The summed E-state index contributed by atoms with van der Waals surface area (Å²) in [5.41, 5.74) is 4.61. The fourth-order valence-corrected chi connectivity index (χ4v) is 5.93. The van der Waals surface area contributed by atoms with Gasteiger partial charge in [0.2, 0.25) is 0 Å². The Hall–Kier alpha value is -1.71. The molecule has 0 aromatic heterocycles. The van der Waals surface area contributed by atoms with E-state index in [1.165, 1.54) is 56.9 Å². The molecule has 1 atom stereocenters. The Balaban J connectivity index is 0.00000533. The molecule has 0 radical (unpaired) electrons. The summed E-state index contributed by atoms with van der Waals surface area (Å²) in [5.74, 6) is -0.128. The monoisotopic (exact) mass is 544 g/mol. The normalized spacial score (nSPS) is 14.6. The van der Waals surface area contributed by atoms with Gasteiger partial charge in [0.05, 0.1) is 12.0 Å². The van der Waals surface area contributed by atoms with Gasteiger partial charge in [-0.15, -0.1) is 0 Å². The number of nitrogens with zero attached hydrogens (tertiary/aromatic N) is 1. The van der Waals surface area contributed by atoms with Gasteiger partial charge in [-0.25, -0.2) is 0 Å². The maximum absolute atomic E-state index is 13.4. The molecular formula is C32H45LiN2O3S. The standard InChI is InChI=1S/C32H46N2O3S.Li/c1-4-5-19-34(20-17-25-12-7-6-8-13-25)23-26-15-16-28(29(22-26)27-14-10-9-11-24(27)2)31(35)33-30(32(36)37)18-21-38-3;/h9-11,14-16,22,25,30H,4-8,12-13,17-21,23H2,1-3H3,(H,33,35)(H,36,37);/q;+1/p-1. The number of carbonyl (C=O) groups excluding carboxylic acids is 2. The summed E-state index contributed by atoms with van der Waals surface area (Å²) in [6, 6.07) is 13.1. The van der Waals surface area contributed by atoms with E-state index < -0.39 is 12.0 Å².